The molecule has 7 heteroatoms. The van der Waals surface area contributed by atoms with Crippen molar-refractivity contribution in [3.05, 3.63) is 41.6 Å². The quantitative estimate of drug-likeness (QED) is 0.573. The van der Waals surface area contributed by atoms with Gasteiger partial charge in [-0.2, -0.15) is 0 Å². The first-order valence-corrected chi connectivity index (χ1v) is 5.90. The minimum absolute atomic E-state index is 0.206. The van der Waals surface area contributed by atoms with Crippen molar-refractivity contribution in [2.45, 2.75) is 6.92 Å². The molecule has 1 aromatic heterocycles. The molecule has 1 heterocycles. The number of hydrazine groups is 1. The first-order chi connectivity index (χ1) is 9.63. The van der Waals surface area contributed by atoms with E-state index in [-0.39, 0.29) is 11.6 Å². The van der Waals surface area contributed by atoms with Gasteiger partial charge in [0.25, 0.3) is 5.91 Å². The second-order valence-corrected chi connectivity index (χ2v) is 4.09. The van der Waals surface area contributed by atoms with E-state index in [4.69, 9.17) is 10.6 Å². The third kappa shape index (κ3) is 3.01. The van der Waals surface area contributed by atoms with Crippen LogP contribution in [-0.2, 0) is 0 Å². The molecule has 0 aliphatic carbocycles. The van der Waals surface area contributed by atoms with Crippen LogP contribution in [0.15, 0.2) is 30.3 Å². The molecule has 7 nitrogen and oxygen atoms in total. The highest BCUT2D eigenvalue weighted by molar-refractivity contribution is 6.02. The van der Waals surface area contributed by atoms with Crippen LogP contribution in [0.1, 0.15) is 16.1 Å². The van der Waals surface area contributed by atoms with Crippen LogP contribution in [0, 0.1) is 6.92 Å². The van der Waals surface area contributed by atoms with Crippen LogP contribution in [-0.4, -0.2) is 23.2 Å². The van der Waals surface area contributed by atoms with E-state index in [2.05, 4.69) is 20.9 Å². The highest BCUT2D eigenvalue weighted by Gasteiger charge is 2.09. The molecule has 2 aromatic rings. The van der Waals surface area contributed by atoms with E-state index in [1.165, 1.54) is 6.07 Å². The van der Waals surface area contributed by atoms with E-state index < -0.39 is 0 Å². The maximum atomic E-state index is 12.0. The summed E-state index contributed by atoms with van der Waals surface area (Å²) in [5.41, 5.74) is 4.14. The van der Waals surface area contributed by atoms with Crippen LogP contribution >= 0.6 is 0 Å². The Morgan fingerprint density at radius 1 is 1.25 bits per heavy atom. The van der Waals surface area contributed by atoms with Gasteiger partial charge < -0.3 is 15.5 Å². The first-order valence-electron chi connectivity index (χ1n) is 5.90. The molecule has 0 fully saturated rings. The number of aromatic nitrogens is 2. The summed E-state index contributed by atoms with van der Waals surface area (Å²) in [4.78, 5) is 12.0. The minimum Gasteiger partial charge on any atom is -0.496 e. The van der Waals surface area contributed by atoms with Gasteiger partial charge in [-0.15, -0.1) is 10.2 Å². The Labute approximate surface area is 116 Å². The molecule has 2 rings (SSSR count). The molecule has 0 aliphatic rings. The van der Waals surface area contributed by atoms with Gasteiger partial charge in [-0.25, -0.2) is 5.84 Å². The number of hydrogen-bond acceptors (Lipinski definition) is 6. The number of nitrogens with one attached hydrogen (secondary N) is 2. The molecular formula is C13H15N5O2. The molecule has 104 valence electrons. The third-order valence-electron chi connectivity index (χ3n) is 2.70. The summed E-state index contributed by atoms with van der Waals surface area (Å²) in [5.74, 6) is 5.99. The van der Waals surface area contributed by atoms with Gasteiger partial charge >= 0.3 is 0 Å². The average molecular weight is 273 g/mol. The summed E-state index contributed by atoms with van der Waals surface area (Å²) in [7, 11) is 1.60. The first kappa shape index (κ1) is 13.8. The Bertz CT molecular complexity index is 613. The topological polar surface area (TPSA) is 102 Å². The fourth-order valence-corrected chi connectivity index (χ4v) is 1.68. The second-order valence-electron chi connectivity index (χ2n) is 4.09. The molecule has 0 unspecified atom stereocenters. The van der Waals surface area contributed by atoms with Crippen LogP contribution < -0.4 is 21.3 Å². The van der Waals surface area contributed by atoms with Crippen molar-refractivity contribution in [3.63, 3.8) is 0 Å². The number of rotatable bonds is 4. The van der Waals surface area contributed by atoms with Crippen molar-refractivity contribution < 1.29 is 9.53 Å². The molecule has 20 heavy (non-hydrogen) atoms. The molecule has 0 spiro atoms. The molecule has 0 saturated carbocycles. The van der Waals surface area contributed by atoms with Crippen molar-refractivity contribution in [1.82, 2.24) is 10.2 Å². The fraction of sp³-hybridized carbons (Fsp3) is 0.154. The van der Waals surface area contributed by atoms with Gasteiger partial charge in [-0.1, -0.05) is 0 Å². The lowest BCUT2D eigenvalue weighted by Gasteiger charge is -2.08. The Balaban J connectivity index is 2.12. The lowest BCUT2D eigenvalue weighted by molar-refractivity contribution is 0.102. The fourth-order valence-electron chi connectivity index (χ4n) is 1.68. The van der Waals surface area contributed by atoms with Crippen LogP contribution in [0.2, 0.25) is 0 Å². The van der Waals surface area contributed by atoms with Crippen molar-refractivity contribution in [3.8, 4) is 5.75 Å². The van der Waals surface area contributed by atoms with Crippen LogP contribution in [0.3, 0.4) is 0 Å². The number of carbonyl (C=O) groups excluding carboxylic acids is 1. The largest absolute Gasteiger partial charge is 0.496 e. The zero-order valence-electron chi connectivity index (χ0n) is 11.2. The number of amides is 1. The highest BCUT2D eigenvalue weighted by atomic mass is 16.5. The number of hydrogen-bond donors (Lipinski definition) is 3. The second kappa shape index (κ2) is 5.98. The standard InChI is InChI=1S/C13H15N5O2/c1-8-7-9(3-5-11(8)20-2)15-13(19)10-4-6-12(16-14)18-17-10/h3-7H,14H2,1-2H3,(H,15,19)(H,16,18). The van der Waals surface area contributed by atoms with Gasteiger partial charge in [0, 0.05) is 5.69 Å². The molecule has 0 radical (unpaired) electrons. The SMILES string of the molecule is COc1ccc(NC(=O)c2ccc(NN)nn2)cc1C. The molecule has 0 saturated heterocycles. The smallest absolute Gasteiger partial charge is 0.276 e. The molecule has 0 atom stereocenters. The monoisotopic (exact) mass is 273 g/mol. The maximum Gasteiger partial charge on any atom is 0.276 e. The number of benzene rings is 1. The van der Waals surface area contributed by atoms with Gasteiger partial charge in [-0.05, 0) is 42.8 Å². The maximum absolute atomic E-state index is 12.0. The summed E-state index contributed by atoms with van der Waals surface area (Å²) in [5, 5.41) is 10.2. The van der Waals surface area contributed by atoms with E-state index in [0.717, 1.165) is 11.3 Å². The van der Waals surface area contributed by atoms with Crippen LogP contribution in [0.5, 0.6) is 5.75 Å². The van der Waals surface area contributed by atoms with E-state index in [1.54, 1.807) is 25.3 Å². The van der Waals surface area contributed by atoms with Crippen LogP contribution in [0.25, 0.3) is 0 Å². The van der Waals surface area contributed by atoms with Crippen LogP contribution in [0.4, 0.5) is 11.5 Å². The van der Waals surface area contributed by atoms with E-state index in [1.807, 2.05) is 13.0 Å². The Morgan fingerprint density at radius 3 is 2.60 bits per heavy atom. The molecule has 4 N–H and O–H groups in total. The zero-order valence-corrected chi connectivity index (χ0v) is 11.2. The summed E-state index contributed by atoms with van der Waals surface area (Å²) in [6.07, 6.45) is 0. The van der Waals surface area contributed by atoms with Gasteiger partial charge in [0.05, 0.1) is 7.11 Å². The summed E-state index contributed by atoms with van der Waals surface area (Å²) in [6, 6.07) is 8.47. The summed E-state index contributed by atoms with van der Waals surface area (Å²) in [6.45, 7) is 1.90. The Hall–Kier alpha value is -2.67. The summed E-state index contributed by atoms with van der Waals surface area (Å²) >= 11 is 0. The van der Waals surface area contributed by atoms with Gasteiger partial charge in [-0.3, -0.25) is 4.79 Å². The number of nitrogens with zero attached hydrogens (tertiary/aromatic N) is 2. The Morgan fingerprint density at radius 2 is 2.05 bits per heavy atom. The molecule has 1 amide bonds. The van der Waals surface area contributed by atoms with Gasteiger partial charge in [0.15, 0.2) is 11.5 Å². The van der Waals surface area contributed by atoms with Crippen molar-refractivity contribution in [1.29, 1.82) is 0 Å². The Kier molecular flexibility index (Phi) is 4.11. The number of nitrogen functional groups attached to an aromatic ring is 1. The number of nitrogens with two attached hydrogens (primary N) is 1. The van der Waals surface area contributed by atoms with E-state index >= 15 is 0 Å². The summed E-state index contributed by atoms with van der Waals surface area (Å²) < 4.78 is 5.16. The lowest BCUT2D eigenvalue weighted by Crippen LogP contribution is -2.16. The number of aryl methyl sites for hydroxylation is 1. The molecule has 0 bridgehead atoms. The predicted molar refractivity (Wildman–Crippen MR) is 75.5 cm³/mol. The third-order valence-corrected chi connectivity index (χ3v) is 2.70. The minimum atomic E-state index is -0.342. The number of methoxy groups -OCH3 is 1. The molecular weight excluding hydrogens is 258 g/mol. The lowest BCUT2D eigenvalue weighted by atomic mass is 10.2. The van der Waals surface area contributed by atoms with Crippen molar-refractivity contribution >= 4 is 17.4 Å². The number of anilines is 2. The van der Waals surface area contributed by atoms with E-state index in [9.17, 15) is 4.79 Å². The van der Waals surface area contributed by atoms with Gasteiger partial charge in [0.2, 0.25) is 0 Å². The zero-order chi connectivity index (χ0) is 14.5. The van der Waals surface area contributed by atoms with Crippen molar-refractivity contribution in [2.24, 2.45) is 5.84 Å². The van der Waals surface area contributed by atoms with Gasteiger partial charge in [0.1, 0.15) is 5.75 Å². The number of ether oxygens (including phenoxy) is 1. The molecule has 1 aromatic carbocycles. The van der Waals surface area contributed by atoms with Crippen molar-refractivity contribution in [2.75, 3.05) is 17.9 Å². The highest BCUT2D eigenvalue weighted by Crippen LogP contribution is 2.21. The van der Waals surface area contributed by atoms with E-state index in [0.29, 0.717) is 11.5 Å². The number of carbonyl (C=O) groups is 1. The molecule has 0 aliphatic heterocycles. The average Bonchev–Trinajstić information content (AvgIpc) is 2.47. The normalized spacial score (nSPS) is 9.95. The predicted octanol–water partition coefficient (Wildman–Crippen LogP) is 1.33.